The summed E-state index contributed by atoms with van der Waals surface area (Å²) in [6.45, 7) is 0.0402. The summed E-state index contributed by atoms with van der Waals surface area (Å²) in [6.07, 6.45) is 0. The van der Waals surface area contributed by atoms with Crippen molar-refractivity contribution < 1.29 is 19.2 Å². The molecule has 1 heterocycles. The molecular weight excluding hydrogens is 378 g/mol. The summed E-state index contributed by atoms with van der Waals surface area (Å²) >= 11 is 0. The minimum atomic E-state index is -0.791. The zero-order chi connectivity index (χ0) is 20.6. The van der Waals surface area contributed by atoms with Gasteiger partial charge in [-0.15, -0.1) is 0 Å². The van der Waals surface area contributed by atoms with Crippen LogP contribution in [-0.4, -0.2) is 27.3 Å². The van der Waals surface area contributed by atoms with Crippen LogP contribution in [0.4, 0.5) is 5.69 Å². The lowest BCUT2D eigenvalue weighted by atomic mass is 10.2. The van der Waals surface area contributed by atoms with Crippen LogP contribution in [0.3, 0.4) is 0 Å². The lowest BCUT2D eigenvalue weighted by Crippen LogP contribution is -2.27. The summed E-state index contributed by atoms with van der Waals surface area (Å²) in [6, 6.07) is 17.5. The Morgan fingerprint density at radius 1 is 1.03 bits per heavy atom. The molecule has 0 amide bonds. The van der Waals surface area contributed by atoms with Gasteiger partial charge < -0.3 is 9.47 Å². The first-order valence-electron chi connectivity index (χ1n) is 8.70. The van der Waals surface area contributed by atoms with E-state index in [1.54, 1.807) is 18.2 Å². The van der Waals surface area contributed by atoms with Crippen molar-refractivity contribution in [2.75, 3.05) is 6.61 Å². The topological polar surface area (TPSA) is 114 Å². The van der Waals surface area contributed by atoms with Gasteiger partial charge in [0.05, 0.1) is 17.0 Å². The standard InChI is InChI=1S/C20H17N3O6/c24-19-11-10-17(21-22(19)12-13-28-16-7-2-1-3-8-16)20(25)29-14-15-6-4-5-9-18(15)23(26)27/h1-11H,12-14H2. The summed E-state index contributed by atoms with van der Waals surface area (Å²) in [5, 5.41) is 15.0. The summed E-state index contributed by atoms with van der Waals surface area (Å²) in [5.74, 6) is -0.138. The predicted molar refractivity (Wildman–Crippen MR) is 103 cm³/mol. The number of nitro benzene ring substituents is 1. The molecule has 0 aliphatic carbocycles. The van der Waals surface area contributed by atoms with E-state index in [0.717, 1.165) is 4.68 Å². The Morgan fingerprint density at radius 3 is 2.52 bits per heavy atom. The summed E-state index contributed by atoms with van der Waals surface area (Å²) in [7, 11) is 0. The molecule has 0 bridgehead atoms. The van der Waals surface area contributed by atoms with Crippen molar-refractivity contribution in [2.24, 2.45) is 0 Å². The number of benzene rings is 2. The maximum atomic E-state index is 12.3. The number of aromatic nitrogens is 2. The van der Waals surface area contributed by atoms with Gasteiger partial charge in [-0.05, 0) is 24.3 Å². The van der Waals surface area contributed by atoms with Crippen molar-refractivity contribution in [3.8, 4) is 5.75 Å². The Kier molecular flexibility index (Phi) is 6.31. The lowest BCUT2D eigenvalue weighted by molar-refractivity contribution is -0.385. The van der Waals surface area contributed by atoms with E-state index in [4.69, 9.17) is 9.47 Å². The van der Waals surface area contributed by atoms with Crippen LogP contribution in [0.5, 0.6) is 5.75 Å². The average Bonchev–Trinajstić information content (AvgIpc) is 2.74. The summed E-state index contributed by atoms with van der Waals surface area (Å²) in [5.41, 5.74) is -0.355. The second-order valence-electron chi connectivity index (χ2n) is 5.90. The van der Waals surface area contributed by atoms with Gasteiger partial charge in [-0.1, -0.05) is 30.3 Å². The number of nitrogens with zero attached hydrogens (tertiary/aromatic N) is 3. The van der Waals surface area contributed by atoms with Gasteiger partial charge in [-0.2, -0.15) is 5.10 Å². The number of esters is 1. The molecule has 0 saturated heterocycles. The lowest BCUT2D eigenvalue weighted by Gasteiger charge is -2.09. The van der Waals surface area contributed by atoms with Crippen molar-refractivity contribution in [1.29, 1.82) is 0 Å². The molecule has 0 atom stereocenters. The third kappa shape index (κ3) is 5.25. The SMILES string of the molecule is O=C(OCc1ccccc1[N+](=O)[O-])c1ccc(=O)n(CCOc2ccccc2)n1. The van der Waals surface area contributed by atoms with E-state index in [9.17, 15) is 19.7 Å². The molecule has 9 heteroatoms. The number of hydrogen-bond acceptors (Lipinski definition) is 7. The van der Waals surface area contributed by atoms with E-state index in [0.29, 0.717) is 5.75 Å². The third-order valence-electron chi connectivity index (χ3n) is 3.94. The van der Waals surface area contributed by atoms with Crippen LogP contribution in [0.1, 0.15) is 16.1 Å². The number of nitro groups is 1. The van der Waals surface area contributed by atoms with Gasteiger partial charge in [0.2, 0.25) is 0 Å². The number of carbonyl (C=O) groups excluding carboxylic acids is 1. The Bertz CT molecular complexity index is 1070. The normalized spacial score (nSPS) is 10.3. The first kappa shape index (κ1) is 19.7. The number of ether oxygens (including phenoxy) is 2. The average molecular weight is 395 g/mol. The minimum Gasteiger partial charge on any atom is -0.492 e. The highest BCUT2D eigenvalue weighted by Gasteiger charge is 2.16. The van der Waals surface area contributed by atoms with E-state index in [1.165, 1.54) is 30.3 Å². The fourth-order valence-electron chi connectivity index (χ4n) is 2.51. The predicted octanol–water partition coefficient (Wildman–Crippen LogP) is 2.59. The van der Waals surface area contributed by atoms with Crippen LogP contribution in [-0.2, 0) is 17.9 Å². The molecule has 0 N–H and O–H groups in total. The molecule has 29 heavy (non-hydrogen) atoms. The van der Waals surface area contributed by atoms with Crippen LogP contribution in [0.25, 0.3) is 0 Å². The first-order chi connectivity index (χ1) is 14.0. The Hall–Kier alpha value is -4.01. The van der Waals surface area contributed by atoms with Crippen molar-refractivity contribution in [3.63, 3.8) is 0 Å². The van der Waals surface area contributed by atoms with Crippen molar-refractivity contribution in [3.05, 3.63) is 98.5 Å². The molecule has 3 aromatic rings. The molecule has 0 spiro atoms. The molecule has 148 valence electrons. The number of hydrogen-bond donors (Lipinski definition) is 0. The monoisotopic (exact) mass is 395 g/mol. The molecule has 3 rings (SSSR count). The van der Waals surface area contributed by atoms with Gasteiger partial charge in [0.1, 0.15) is 19.0 Å². The summed E-state index contributed by atoms with van der Waals surface area (Å²) in [4.78, 5) is 34.7. The molecule has 0 aliphatic heterocycles. The molecule has 1 aromatic heterocycles. The molecular formula is C20H17N3O6. The summed E-state index contributed by atoms with van der Waals surface area (Å²) < 4.78 is 11.7. The molecule has 0 unspecified atom stereocenters. The maximum absolute atomic E-state index is 12.3. The number of carbonyl (C=O) groups is 1. The fourth-order valence-corrected chi connectivity index (χ4v) is 2.51. The van der Waals surface area contributed by atoms with E-state index in [-0.39, 0.29) is 36.7 Å². The van der Waals surface area contributed by atoms with Crippen LogP contribution in [0.15, 0.2) is 71.5 Å². The van der Waals surface area contributed by atoms with Crippen molar-refractivity contribution >= 4 is 11.7 Å². The Labute approximate surface area is 165 Å². The van der Waals surface area contributed by atoms with Gasteiger partial charge in [0.25, 0.3) is 11.2 Å². The highest BCUT2D eigenvalue weighted by Crippen LogP contribution is 2.18. The van der Waals surface area contributed by atoms with Gasteiger partial charge in [0.15, 0.2) is 5.69 Å². The Morgan fingerprint density at radius 2 is 1.76 bits per heavy atom. The van der Waals surface area contributed by atoms with Crippen molar-refractivity contribution in [1.82, 2.24) is 9.78 Å². The molecule has 0 radical (unpaired) electrons. The fraction of sp³-hybridized carbons (Fsp3) is 0.150. The highest BCUT2D eigenvalue weighted by molar-refractivity contribution is 5.86. The van der Waals surface area contributed by atoms with Crippen LogP contribution in [0.2, 0.25) is 0 Å². The quantitative estimate of drug-likeness (QED) is 0.327. The second-order valence-corrected chi connectivity index (χ2v) is 5.90. The maximum Gasteiger partial charge on any atom is 0.359 e. The molecule has 0 aliphatic rings. The third-order valence-corrected chi connectivity index (χ3v) is 3.94. The van der Waals surface area contributed by atoms with Crippen LogP contribution in [0, 0.1) is 10.1 Å². The first-order valence-corrected chi connectivity index (χ1v) is 8.70. The van der Waals surface area contributed by atoms with Gasteiger partial charge >= 0.3 is 5.97 Å². The minimum absolute atomic E-state index is 0.0807. The zero-order valence-corrected chi connectivity index (χ0v) is 15.3. The molecule has 0 fully saturated rings. The van der Waals surface area contributed by atoms with Gasteiger partial charge in [-0.25, -0.2) is 9.48 Å². The largest absolute Gasteiger partial charge is 0.492 e. The van der Waals surface area contributed by atoms with Crippen molar-refractivity contribution in [2.45, 2.75) is 13.2 Å². The van der Waals surface area contributed by atoms with E-state index < -0.39 is 16.5 Å². The van der Waals surface area contributed by atoms with Gasteiger partial charge in [0, 0.05) is 12.1 Å². The van der Waals surface area contributed by atoms with E-state index in [2.05, 4.69) is 5.10 Å². The van der Waals surface area contributed by atoms with E-state index >= 15 is 0 Å². The zero-order valence-electron chi connectivity index (χ0n) is 15.3. The van der Waals surface area contributed by atoms with E-state index in [1.807, 2.05) is 18.2 Å². The highest BCUT2D eigenvalue weighted by atomic mass is 16.6. The molecule has 2 aromatic carbocycles. The smallest absolute Gasteiger partial charge is 0.359 e. The van der Waals surface area contributed by atoms with Crippen LogP contribution < -0.4 is 10.3 Å². The number of rotatable bonds is 8. The Balaban J connectivity index is 1.63. The second kappa shape index (κ2) is 9.27. The van der Waals surface area contributed by atoms with Crippen LogP contribution >= 0.6 is 0 Å². The number of para-hydroxylation sites is 2. The molecule has 0 saturated carbocycles. The molecule has 9 nitrogen and oxygen atoms in total. The van der Waals surface area contributed by atoms with Gasteiger partial charge in [-0.3, -0.25) is 14.9 Å².